The molecule has 2 fully saturated rings. The van der Waals surface area contributed by atoms with Crippen LogP contribution in [0.15, 0.2) is 24.3 Å². The van der Waals surface area contributed by atoms with Crippen LogP contribution in [0.5, 0.6) is 0 Å². The molecule has 0 spiro atoms. The third kappa shape index (κ3) is 4.31. The minimum Gasteiger partial charge on any atom is -0.388 e. The Hall–Kier alpha value is -1.78. The number of hydrogen-bond donors (Lipinski definition) is 3. The summed E-state index contributed by atoms with van der Waals surface area (Å²) in [6.45, 7) is 0. The minimum absolute atomic E-state index is 0.528. The summed E-state index contributed by atoms with van der Waals surface area (Å²) < 4.78 is 15.8. The fourth-order valence-corrected chi connectivity index (χ4v) is 4.99. The van der Waals surface area contributed by atoms with E-state index in [9.17, 15) is 10.2 Å². The first kappa shape index (κ1) is 21.5. The number of nitrogens with zero attached hydrogens (tertiary/aromatic N) is 3. The molecule has 0 bridgehead atoms. The van der Waals surface area contributed by atoms with Crippen molar-refractivity contribution in [2.24, 2.45) is 0 Å². The van der Waals surface area contributed by atoms with Crippen LogP contribution in [0.3, 0.4) is 0 Å². The second kappa shape index (κ2) is 9.15. The highest BCUT2D eigenvalue weighted by molar-refractivity contribution is 7.09. The van der Waals surface area contributed by atoms with Gasteiger partial charge in [-0.2, -0.15) is 9.36 Å². The van der Waals surface area contributed by atoms with Crippen molar-refractivity contribution in [3.05, 3.63) is 35.4 Å². The highest BCUT2D eigenvalue weighted by Gasteiger charge is 2.45. The van der Waals surface area contributed by atoms with Crippen LogP contribution in [0, 0.1) is 0 Å². The van der Waals surface area contributed by atoms with E-state index in [-0.39, 0.29) is 0 Å². The number of aromatic nitrogens is 2. The maximum absolute atomic E-state index is 10.8. The molecule has 2 aromatic rings. The highest BCUT2D eigenvalue weighted by Crippen LogP contribution is 2.37. The van der Waals surface area contributed by atoms with Crippen LogP contribution in [-0.2, 0) is 9.47 Å². The molecule has 1 aromatic carbocycles. The summed E-state index contributed by atoms with van der Waals surface area (Å²) in [7, 11) is 5.23. The monoisotopic (exact) mass is 434 g/mol. The molecule has 4 rings (SSSR count). The van der Waals surface area contributed by atoms with Gasteiger partial charge in [-0.3, -0.25) is 0 Å². The van der Waals surface area contributed by atoms with Crippen LogP contribution in [0.2, 0.25) is 0 Å². The van der Waals surface area contributed by atoms with Crippen LogP contribution >= 0.6 is 11.5 Å². The van der Waals surface area contributed by atoms with Crippen LogP contribution in [-0.4, -0.2) is 65.3 Å². The topological polar surface area (TPSA) is 100.0 Å². The largest absolute Gasteiger partial charge is 0.388 e. The molecule has 2 aliphatic rings. The number of aliphatic hydroxyl groups is 2. The predicted molar refractivity (Wildman–Crippen MR) is 116 cm³/mol. The van der Waals surface area contributed by atoms with Gasteiger partial charge in [0.15, 0.2) is 6.29 Å². The molecular formula is C21H30N4O4S. The van der Waals surface area contributed by atoms with Crippen molar-refractivity contribution >= 4 is 22.6 Å². The number of nitrogens with one attached hydrogen (secondary N) is 1. The fraction of sp³-hybridized carbons (Fsp3) is 0.619. The van der Waals surface area contributed by atoms with E-state index in [0.29, 0.717) is 17.0 Å². The average molecular weight is 435 g/mol. The Bertz CT molecular complexity index is 823. The van der Waals surface area contributed by atoms with E-state index in [1.54, 1.807) is 4.90 Å². The Kier molecular flexibility index (Phi) is 6.54. The van der Waals surface area contributed by atoms with Gasteiger partial charge in [-0.05, 0) is 29.9 Å². The molecule has 1 aliphatic heterocycles. The summed E-state index contributed by atoms with van der Waals surface area (Å²) in [6, 6.07) is 7.53. The molecular weight excluding hydrogens is 404 g/mol. The minimum atomic E-state index is -1.10. The maximum atomic E-state index is 10.8. The lowest BCUT2D eigenvalue weighted by Crippen LogP contribution is -2.57. The van der Waals surface area contributed by atoms with E-state index in [1.165, 1.54) is 49.9 Å². The molecule has 2 heterocycles. The molecule has 9 heteroatoms. The molecule has 0 radical (unpaired) electrons. The van der Waals surface area contributed by atoms with E-state index in [4.69, 9.17) is 9.47 Å². The molecule has 1 saturated carbocycles. The predicted octanol–water partition coefficient (Wildman–Crippen LogP) is 2.51. The Morgan fingerprint density at radius 3 is 2.37 bits per heavy atom. The van der Waals surface area contributed by atoms with Crippen molar-refractivity contribution in [1.29, 1.82) is 0 Å². The zero-order chi connectivity index (χ0) is 21.3. The number of hydrogen-bond acceptors (Lipinski definition) is 9. The highest BCUT2D eigenvalue weighted by atomic mass is 32.1. The number of rotatable bonds is 6. The summed E-state index contributed by atoms with van der Waals surface area (Å²) in [5, 5.41) is 25.3. The Labute approximate surface area is 181 Å². The maximum Gasteiger partial charge on any atom is 0.238 e. The molecule has 8 nitrogen and oxygen atoms in total. The van der Waals surface area contributed by atoms with Crippen molar-refractivity contribution in [2.45, 2.75) is 62.2 Å². The molecule has 1 saturated heterocycles. The number of benzene rings is 1. The van der Waals surface area contributed by atoms with E-state index in [0.717, 1.165) is 5.56 Å². The van der Waals surface area contributed by atoms with Crippen molar-refractivity contribution in [2.75, 3.05) is 31.4 Å². The Morgan fingerprint density at radius 2 is 1.77 bits per heavy atom. The van der Waals surface area contributed by atoms with Crippen molar-refractivity contribution in [3.8, 4) is 0 Å². The standard InChI is InChI=1S/C21H30N4O4S/c1-25(2)20-23-21(30-24-20)22-15-16(26)17(27)18(29-19(15)28-3)14-10-8-13(9-11-14)12-6-4-5-7-12/h8-12,15-19,26-27H,4-7H2,1-3H3,(H,22,23,24)/t15-,16+,17+,18+,19-/m0/s1. The van der Waals surface area contributed by atoms with Gasteiger partial charge in [-0.15, -0.1) is 0 Å². The first-order valence-electron chi connectivity index (χ1n) is 10.4. The molecule has 1 aromatic heterocycles. The zero-order valence-electron chi connectivity index (χ0n) is 17.6. The molecule has 0 amide bonds. The second-order valence-electron chi connectivity index (χ2n) is 8.25. The van der Waals surface area contributed by atoms with Gasteiger partial charge in [0.2, 0.25) is 11.1 Å². The van der Waals surface area contributed by atoms with Gasteiger partial charge in [0.05, 0.1) is 0 Å². The van der Waals surface area contributed by atoms with Crippen LogP contribution in [0.1, 0.15) is 48.8 Å². The number of anilines is 2. The lowest BCUT2D eigenvalue weighted by molar-refractivity contribution is -0.250. The van der Waals surface area contributed by atoms with E-state index in [1.807, 2.05) is 26.2 Å². The average Bonchev–Trinajstić information content (AvgIpc) is 3.44. The lowest BCUT2D eigenvalue weighted by Gasteiger charge is -2.42. The second-order valence-corrected chi connectivity index (χ2v) is 9.01. The van der Waals surface area contributed by atoms with Crippen LogP contribution in [0.4, 0.5) is 11.1 Å². The van der Waals surface area contributed by atoms with Gasteiger partial charge in [-0.25, -0.2) is 0 Å². The van der Waals surface area contributed by atoms with Gasteiger partial charge in [-0.1, -0.05) is 37.1 Å². The summed E-state index contributed by atoms with van der Waals surface area (Å²) in [6.07, 6.45) is 1.42. The van der Waals surface area contributed by atoms with Gasteiger partial charge in [0.25, 0.3) is 0 Å². The van der Waals surface area contributed by atoms with Gasteiger partial charge in [0, 0.05) is 32.7 Å². The number of methoxy groups -OCH3 is 1. The van der Waals surface area contributed by atoms with E-state index in [2.05, 4.69) is 26.8 Å². The zero-order valence-corrected chi connectivity index (χ0v) is 18.4. The number of ether oxygens (including phenoxy) is 2. The summed E-state index contributed by atoms with van der Waals surface area (Å²) in [4.78, 5) is 6.17. The molecule has 5 atom stereocenters. The first-order chi connectivity index (χ1) is 14.5. The van der Waals surface area contributed by atoms with Gasteiger partial charge >= 0.3 is 0 Å². The van der Waals surface area contributed by atoms with Gasteiger partial charge < -0.3 is 29.9 Å². The summed E-state index contributed by atoms with van der Waals surface area (Å²) >= 11 is 1.18. The Morgan fingerprint density at radius 1 is 1.10 bits per heavy atom. The third-order valence-electron chi connectivity index (χ3n) is 6.03. The van der Waals surface area contributed by atoms with Crippen LogP contribution in [0.25, 0.3) is 0 Å². The first-order valence-corrected chi connectivity index (χ1v) is 11.2. The smallest absolute Gasteiger partial charge is 0.238 e. The molecule has 164 valence electrons. The van der Waals surface area contributed by atoms with Crippen LogP contribution < -0.4 is 10.2 Å². The van der Waals surface area contributed by atoms with Gasteiger partial charge in [0.1, 0.15) is 24.4 Å². The quantitative estimate of drug-likeness (QED) is 0.638. The number of aliphatic hydroxyl groups excluding tert-OH is 2. The Balaban J connectivity index is 1.48. The van der Waals surface area contributed by atoms with E-state index >= 15 is 0 Å². The normalized spacial score (nSPS) is 29.8. The third-order valence-corrected chi connectivity index (χ3v) is 6.67. The van der Waals surface area contributed by atoms with Crippen molar-refractivity contribution in [1.82, 2.24) is 9.36 Å². The van der Waals surface area contributed by atoms with E-state index < -0.39 is 30.6 Å². The molecule has 1 aliphatic carbocycles. The lowest BCUT2D eigenvalue weighted by atomic mass is 9.90. The SMILES string of the molecule is CO[C@H]1O[C@H](c2ccc(C3CCCC3)cc2)[C@H](O)[C@H](O)[C@@H]1Nc1nc(N(C)C)ns1. The molecule has 30 heavy (non-hydrogen) atoms. The van der Waals surface area contributed by atoms with Crippen molar-refractivity contribution < 1.29 is 19.7 Å². The molecule has 3 N–H and O–H groups in total. The van der Waals surface area contributed by atoms with Crippen molar-refractivity contribution in [3.63, 3.8) is 0 Å². The summed E-state index contributed by atoms with van der Waals surface area (Å²) in [5.74, 6) is 1.20. The molecule has 0 unspecified atom stereocenters. The summed E-state index contributed by atoms with van der Waals surface area (Å²) in [5.41, 5.74) is 2.16. The fourth-order valence-electron chi connectivity index (χ4n) is 4.31.